The fraction of sp³-hybridized carbons (Fsp3) is 0.348. The minimum absolute atomic E-state index is 0.0403. The van der Waals surface area contributed by atoms with Gasteiger partial charge in [-0.3, -0.25) is 9.69 Å². The summed E-state index contributed by atoms with van der Waals surface area (Å²) in [6.07, 6.45) is 0.865. The number of fused-ring (bicyclic) bond motifs is 1. The summed E-state index contributed by atoms with van der Waals surface area (Å²) >= 11 is 0. The fourth-order valence-electron chi connectivity index (χ4n) is 3.76. The van der Waals surface area contributed by atoms with Crippen LogP contribution in [0, 0.1) is 0 Å². The second-order valence-electron chi connectivity index (χ2n) is 7.62. The van der Waals surface area contributed by atoms with E-state index in [1.165, 1.54) is 0 Å². The first-order valence-electron chi connectivity index (χ1n) is 9.96. The third-order valence-electron chi connectivity index (χ3n) is 5.31. The monoisotopic (exact) mass is 407 g/mol. The Kier molecular flexibility index (Phi) is 5.44. The smallest absolute Gasteiger partial charge is 0.250 e. The molecule has 3 aromatic rings. The van der Waals surface area contributed by atoms with Crippen LogP contribution in [-0.4, -0.2) is 30.3 Å². The van der Waals surface area contributed by atoms with Crippen LogP contribution in [-0.2, 0) is 17.6 Å². The fourth-order valence-corrected chi connectivity index (χ4v) is 3.76. The molecule has 4 rings (SSSR count). The Morgan fingerprint density at radius 3 is 2.63 bits per heavy atom. The highest BCUT2D eigenvalue weighted by Gasteiger charge is 2.38. The minimum Gasteiger partial charge on any atom is -0.493 e. The maximum absolute atomic E-state index is 13.4. The number of aromatic nitrogens is 2. The van der Waals surface area contributed by atoms with Crippen molar-refractivity contribution in [1.82, 2.24) is 10.1 Å². The number of nitrogens with zero attached hydrogens (tertiary/aromatic N) is 3. The lowest BCUT2D eigenvalue weighted by atomic mass is 10.1. The van der Waals surface area contributed by atoms with Crippen LogP contribution in [0.3, 0.4) is 0 Å². The highest BCUT2D eigenvalue weighted by molar-refractivity contribution is 5.97. The van der Waals surface area contributed by atoms with Crippen LogP contribution in [0.1, 0.15) is 48.6 Å². The summed E-state index contributed by atoms with van der Waals surface area (Å²) in [7, 11) is 3.17. The zero-order valence-electron chi connectivity index (χ0n) is 17.6. The predicted molar refractivity (Wildman–Crippen MR) is 112 cm³/mol. The van der Waals surface area contributed by atoms with E-state index in [0.717, 1.165) is 16.8 Å². The van der Waals surface area contributed by atoms with Gasteiger partial charge in [0, 0.05) is 18.0 Å². The molecule has 0 N–H and O–H groups in total. The highest BCUT2D eigenvalue weighted by atomic mass is 16.5. The molecular weight excluding hydrogens is 382 g/mol. The molecule has 0 bridgehead atoms. The normalized spacial score (nSPS) is 15.4. The Labute approximate surface area is 175 Å². The molecule has 1 atom stereocenters. The molecule has 2 aromatic carbocycles. The van der Waals surface area contributed by atoms with E-state index in [9.17, 15) is 4.79 Å². The van der Waals surface area contributed by atoms with Crippen molar-refractivity contribution >= 4 is 11.6 Å². The van der Waals surface area contributed by atoms with Gasteiger partial charge < -0.3 is 14.0 Å². The number of benzene rings is 2. The molecule has 0 aliphatic carbocycles. The summed E-state index contributed by atoms with van der Waals surface area (Å²) in [5.41, 5.74) is 2.82. The maximum Gasteiger partial charge on any atom is 0.250 e. The zero-order valence-corrected chi connectivity index (χ0v) is 17.6. The van der Waals surface area contributed by atoms with Gasteiger partial charge in [0.25, 0.3) is 0 Å². The second-order valence-corrected chi connectivity index (χ2v) is 7.62. The van der Waals surface area contributed by atoms with Gasteiger partial charge in [-0.15, -0.1) is 0 Å². The van der Waals surface area contributed by atoms with Crippen LogP contribution >= 0.6 is 0 Å². The number of hydrogen-bond donors (Lipinski definition) is 0. The predicted octanol–water partition coefficient (Wildman–Crippen LogP) is 4.08. The number of para-hydroxylation sites is 1. The number of carbonyl (C=O) groups is 1. The number of carbonyl (C=O) groups excluding carboxylic acids is 1. The van der Waals surface area contributed by atoms with Crippen LogP contribution in [0.4, 0.5) is 5.69 Å². The first-order valence-corrected chi connectivity index (χ1v) is 9.96. The summed E-state index contributed by atoms with van der Waals surface area (Å²) in [5, 5.41) is 4.09. The van der Waals surface area contributed by atoms with Crippen molar-refractivity contribution < 1.29 is 18.8 Å². The molecule has 1 aliphatic rings. The van der Waals surface area contributed by atoms with Crippen LogP contribution in [0.5, 0.6) is 11.5 Å². The largest absolute Gasteiger partial charge is 0.493 e. The van der Waals surface area contributed by atoms with E-state index in [1.807, 2.05) is 56.3 Å². The van der Waals surface area contributed by atoms with E-state index in [0.29, 0.717) is 29.6 Å². The Balaban J connectivity index is 1.65. The molecule has 7 nitrogen and oxygen atoms in total. The Hall–Kier alpha value is -3.35. The quantitative estimate of drug-likeness (QED) is 0.613. The lowest BCUT2D eigenvalue weighted by Gasteiger charge is -2.23. The first kappa shape index (κ1) is 19.9. The number of hydrogen-bond acceptors (Lipinski definition) is 6. The van der Waals surface area contributed by atoms with Gasteiger partial charge in [0.05, 0.1) is 20.6 Å². The highest BCUT2D eigenvalue weighted by Crippen LogP contribution is 2.40. The van der Waals surface area contributed by atoms with Gasteiger partial charge in [-0.1, -0.05) is 43.3 Å². The van der Waals surface area contributed by atoms with Crippen LogP contribution in [0.15, 0.2) is 47.0 Å². The van der Waals surface area contributed by atoms with E-state index < -0.39 is 0 Å². The van der Waals surface area contributed by atoms with Crippen molar-refractivity contribution in [2.75, 3.05) is 19.1 Å². The van der Waals surface area contributed by atoms with E-state index in [-0.39, 0.29) is 24.3 Å². The topological polar surface area (TPSA) is 77.7 Å². The van der Waals surface area contributed by atoms with Gasteiger partial charge in [-0.2, -0.15) is 4.98 Å². The molecule has 156 valence electrons. The van der Waals surface area contributed by atoms with Gasteiger partial charge in [0.15, 0.2) is 17.3 Å². The van der Waals surface area contributed by atoms with Crippen molar-refractivity contribution in [3.63, 3.8) is 0 Å². The lowest BCUT2D eigenvalue weighted by Crippen LogP contribution is -2.33. The third kappa shape index (κ3) is 3.63. The molecular formula is C23H25N3O4. The summed E-state index contributed by atoms with van der Waals surface area (Å²) < 4.78 is 16.2. The molecule has 1 amide bonds. The van der Waals surface area contributed by atoms with Gasteiger partial charge >= 0.3 is 0 Å². The summed E-state index contributed by atoms with van der Waals surface area (Å²) in [5.74, 6) is 2.46. The average molecular weight is 407 g/mol. The molecule has 0 fully saturated rings. The molecule has 1 unspecified atom stereocenters. The number of amides is 1. The molecule has 1 aromatic heterocycles. The Bertz CT molecular complexity index is 1060. The zero-order chi connectivity index (χ0) is 21.3. The van der Waals surface area contributed by atoms with E-state index in [4.69, 9.17) is 14.0 Å². The molecule has 1 aliphatic heterocycles. The van der Waals surface area contributed by atoms with Crippen LogP contribution < -0.4 is 14.4 Å². The second kappa shape index (κ2) is 8.18. The summed E-state index contributed by atoms with van der Waals surface area (Å²) in [6.45, 7) is 4.02. The number of rotatable bonds is 6. The van der Waals surface area contributed by atoms with Crippen molar-refractivity contribution in [2.45, 2.75) is 38.6 Å². The number of methoxy groups -OCH3 is 2. The van der Waals surface area contributed by atoms with Crippen LogP contribution in [0.25, 0.3) is 0 Å². The van der Waals surface area contributed by atoms with E-state index in [2.05, 4.69) is 10.1 Å². The van der Waals surface area contributed by atoms with Crippen molar-refractivity contribution in [3.05, 3.63) is 65.3 Å². The van der Waals surface area contributed by atoms with Gasteiger partial charge in [-0.05, 0) is 29.3 Å². The molecule has 0 radical (unpaired) electrons. The van der Waals surface area contributed by atoms with Crippen molar-refractivity contribution in [2.24, 2.45) is 0 Å². The van der Waals surface area contributed by atoms with Gasteiger partial charge in [0.1, 0.15) is 6.04 Å². The van der Waals surface area contributed by atoms with Crippen molar-refractivity contribution in [3.8, 4) is 11.5 Å². The molecule has 0 spiro atoms. The van der Waals surface area contributed by atoms with Crippen molar-refractivity contribution in [1.29, 1.82) is 0 Å². The lowest BCUT2D eigenvalue weighted by molar-refractivity contribution is -0.118. The maximum atomic E-state index is 13.4. The third-order valence-corrected chi connectivity index (χ3v) is 5.31. The standard InChI is InChI=1S/C23H25N3O4/c1-14(2)22-24-23(30-25-22)18-13-16-7-5-6-8-17(16)26(18)21(27)12-15-9-10-19(28-3)20(11-15)29-4/h5-11,14,18H,12-13H2,1-4H3. The summed E-state index contributed by atoms with van der Waals surface area (Å²) in [4.78, 5) is 19.8. The van der Waals surface area contributed by atoms with Gasteiger partial charge in [0.2, 0.25) is 11.8 Å². The van der Waals surface area contributed by atoms with Crippen LogP contribution in [0.2, 0.25) is 0 Å². The van der Waals surface area contributed by atoms with E-state index >= 15 is 0 Å². The van der Waals surface area contributed by atoms with Gasteiger partial charge in [-0.25, -0.2) is 0 Å². The molecule has 0 saturated heterocycles. The minimum atomic E-state index is -0.310. The molecule has 0 saturated carbocycles. The Morgan fingerprint density at radius 1 is 1.17 bits per heavy atom. The molecule has 7 heteroatoms. The molecule has 30 heavy (non-hydrogen) atoms. The Morgan fingerprint density at radius 2 is 1.93 bits per heavy atom. The first-order chi connectivity index (χ1) is 14.5. The SMILES string of the molecule is COc1ccc(CC(=O)N2c3ccccc3CC2c2nc(C(C)C)no2)cc1OC. The number of ether oxygens (including phenoxy) is 2. The summed E-state index contributed by atoms with van der Waals surface area (Å²) in [6, 6.07) is 13.1. The number of anilines is 1. The van der Waals surface area contributed by atoms with E-state index in [1.54, 1.807) is 19.1 Å². The average Bonchev–Trinajstić information content (AvgIpc) is 3.38. The molecule has 2 heterocycles.